The number of halogens is 5. The summed E-state index contributed by atoms with van der Waals surface area (Å²) in [5.74, 6) is -4.98. The lowest BCUT2D eigenvalue weighted by Crippen LogP contribution is -2.17. The van der Waals surface area contributed by atoms with Gasteiger partial charge in [0, 0.05) is 13.0 Å². The summed E-state index contributed by atoms with van der Waals surface area (Å²) >= 11 is 11.9. The van der Waals surface area contributed by atoms with Gasteiger partial charge in [0.2, 0.25) is 5.91 Å². The first-order chi connectivity index (χ1) is 10.9. The maximum Gasteiger partial charge on any atom is 0.226 e. The molecule has 0 aromatic heterocycles. The minimum atomic E-state index is -1.64. The zero-order valence-corrected chi connectivity index (χ0v) is 13.1. The summed E-state index contributed by atoms with van der Waals surface area (Å²) in [7, 11) is 0. The predicted octanol–water partition coefficient (Wildman–Crippen LogP) is 4.85. The monoisotopic (exact) mass is 362 g/mol. The van der Waals surface area contributed by atoms with Gasteiger partial charge in [-0.05, 0) is 24.3 Å². The fourth-order valence-corrected chi connectivity index (χ4v) is 2.33. The molecule has 0 bridgehead atoms. The Balaban J connectivity index is 1.92. The van der Waals surface area contributed by atoms with E-state index in [0.717, 1.165) is 12.1 Å². The average Bonchev–Trinajstić information content (AvgIpc) is 2.51. The lowest BCUT2D eigenvalue weighted by molar-refractivity contribution is -0.116. The zero-order chi connectivity index (χ0) is 17.0. The molecule has 0 aliphatic carbocycles. The van der Waals surface area contributed by atoms with Crippen molar-refractivity contribution in [2.24, 2.45) is 0 Å². The molecule has 0 aliphatic rings. The fourth-order valence-electron chi connectivity index (χ4n) is 1.80. The van der Waals surface area contributed by atoms with Gasteiger partial charge in [-0.2, -0.15) is 0 Å². The van der Waals surface area contributed by atoms with E-state index in [-0.39, 0.29) is 13.0 Å². The molecule has 122 valence electrons. The molecule has 0 atom stereocenters. The van der Waals surface area contributed by atoms with Crippen LogP contribution in [0.4, 0.5) is 24.5 Å². The lowest BCUT2D eigenvalue weighted by atomic mass is 10.2. The Kier molecular flexibility index (Phi) is 5.74. The van der Waals surface area contributed by atoms with E-state index in [1.54, 1.807) is 18.2 Å². The zero-order valence-electron chi connectivity index (χ0n) is 11.6. The van der Waals surface area contributed by atoms with Crippen molar-refractivity contribution < 1.29 is 18.0 Å². The number of anilines is 2. The number of nitrogens with one attached hydrogen (secondary N) is 2. The summed E-state index contributed by atoms with van der Waals surface area (Å²) < 4.78 is 39.3. The molecule has 0 heterocycles. The number of carbonyl (C=O) groups is 1. The van der Waals surface area contributed by atoms with Crippen LogP contribution in [0.3, 0.4) is 0 Å². The second kappa shape index (κ2) is 7.57. The third-order valence-electron chi connectivity index (χ3n) is 2.93. The quantitative estimate of drug-likeness (QED) is 0.746. The van der Waals surface area contributed by atoms with Crippen LogP contribution in [0, 0.1) is 17.5 Å². The van der Waals surface area contributed by atoms with Gasteiger partial charge in [0.25, 0.3) is 0 Å². The molecule has 0 aliphatic heterocycles. The highest BCUT2D eigenvalue weighted by atomic mass is 35.5. The molecule has 2 rings (SSSR count). The Labute approximate surface area is 140 Å². The summed E-state index contributed by atoms with van der Waals surface area (Å²) in [5, 5.41) is 5.83. The van der Waals surface area contributed by atoms with E-state index in [1.807, 2.05) is 0 Å². The van der Waals surface area contributed by atoms with E-state index in [4.69, 9.17) is 23.2 Å². The Hall–Kier alpha value is -1.92. The molecule has 0 spiro atoms. The summed E-state index contributed by atoms with van der Waals surface area (Å²) in [6.45, 7) is 0.167. The fraction of sp³-hybridized carbons (Fsp3) is 0.133. The number of para-hydroxylation sites is 1. The molecule has 0 unspecified atom stereocenters. The topological polar surface area (TPSA) is 41.1 Å². The van der Waals surface area contributed by atoms with Crippen LogP contribution in [0.15, 0.2) is 30.3 Å². The Morgan fingerprint density at radius 2 is 1.65 bits per heavy atom. The van der Waals surface area contributed by atoms with Crippen LogP contribution in [-0.4, -0.2) is 12.5 Å². The number of benzene rings is 2. The smallest absolute Gasteiger partial charge is 0.226 e. The molecule has 0 saturated carbocycles. The number of hydrogen-bond donors (Lipinski definition) is 2. The van der Waals surface area contributed by atoms with Crippen molar-refractivity contribution in [3.63, 3.8) is 0 Å². The van der Waals surface area contributed by atoms with Gasteiger partial charge in [-0.3, -0.25) is 4.79 Å². The summed E-state index contributed by atoms with van der Waals surface area (Å²) in [6, 6.07) is 6.62. The molecule has 2 aromatic rings. The number of hydrogen-bond acceptors (Lipinski definition) is 2. The summed E-state index contributed by atoms with van der Waals surface area (Å²) in [4.78, 5) is 11.7. The van der Waals surface area contributed by atoms with Crippen molar-refractivity contribution in [3.8, 4) is 0 Å². The highest BCUT2D eigenvalue weighted by Crippen LogP contribution is 2.29. The molecule has 0 radical (unpaired) electrons. The minimum Gasteiger partial charge on any atom is -0.382 e. The molecule has 3 nitrogen and oxygen atoms in total. The molecule has 23 heavy (non-hydrogen) atoms. The number of rotatable bonds is 5. The van der Waals surface area contributed by atoms with Crippen molar-refractivity contribution in [2.75, 3.05) is 17.2 Å². The van der Waals surface area contributed by atoms with Crippen LogP contribution >= 0.6 is 23.2 Å². The first kappa shape index (κ1) is 17.4. The second-order valence-corrected chi connectivity index (χ2v) is 5.36. The van der Waals surface area contributed by atoms with Crippen LogP contribution in [0.1, 0.15) is 6.42 Å². The number of amides is 1. The minimum absolute atomic E-state index is 0.0556. The van der Waals surface area contributed by atoms with E-state index >= 15 is 0 Å². The van der Waals surface area contributed by atoms with Gasteiger partial charge >= 0.3 is 0 Å². The van der Waals surface area contributed by atoms with Gasteiger partial charge in [-0.1, -0.05) is 29.3 Å². The van der Waals surface area contributed by atoms with E-state index in [1.165, 1.54) is 0 Å². The van der Waals surface area contributed by atoms with Crippen LogP contribution < -0.4 is 10.6 Å². The summed E-state index contributed by atoms with van der Waals surface area (Å²) in [5.41, 5.74) is 0.0484. The number of carbonyl (C=O) groups excluding carboxylic acids is 1. The van der Waals surface area contributed by atoms with E-state index in [2.05, 4.69) is 10.6 Å². The normalized spacial score (nSPS) is 10.5. The average molecular weight is 363 g/mol. The van der Waals surface area contributed by atoms with Crippen LogP contribution in [0.5, 0.6) is 0 Å². The lowest BCUT2D eigenvalue weighted by Gasteiger charge is -2.11. The molecule has 2 N–H and O–H groups in total. The highest BCUT2D eigenvalue weighted by Gasteiger charge is 2.15. The second-order valence-electron chi connectivity index (χ2n) is 4.54. The van der Waals surface area contributed by atoms with Crippen molar-refractivity contribution in [3.05, 3.63) is 57.8 Å². The molecule has 1 amide bonds. The maximum atomic E-state index is 13.4. The Morgan fingerprint density at radius 1 is 1.00 bits per heavy atom. The van der Waals surface area contributed by atoms with E-state index < -0.39 is 29.0 Å². The highest BCUT2D eigenvalue weighted by molar-refractivity contribution is 6.39. The van der Waals surface area contributed by atoms with Gasteiger partial charge in [0.15, 0.2) is 17.5 Å². The standard InChI is InChI=1S/C15H11Cl2F3N2O/c16-8-2-1-3-9(17)15(8)21-7-6-12(23)22-11-5-4-10(18)13(19)14(11)20/h1-5,21H,6-7H2,(H,22,23). The first-order valence-electron chi connectivity index (χ1n) is 6.51. The predicted molar refractivity (Wildman–Crippen MR) is 84.5 cm³/mol. The molecule has 0 fully saturated rings. The molecular weight excluding hydrogens is 352 g/mol. The molecule has 0 saturated heterocycles. The van der Waals surface area contributed by atoms with Gasteiger partial charge < -0.3 is 10.6 Å². The van der Waals surface area contributed by atoms with Gasteiger partial charge in [0.05, 0.1) is 21.4 Å². The van der Waals surface area contributed by atoms with Gasteiger partial charge in [-0.25, -0.2) is 13.2 Å². The molecule has 2 aromatic carbocycles. The van der Waals surface area contributed by atoms with Crippen molar-refractivity contribution in [2.45, 2.75) is 6.42 Å². The van der Waals surface area contributed by atoms with E-state index in [9.17, 15) is 18.0 Å². The largest absolute Gasteiger partial charge is 0.382 e. The third kappa shape index (κ3) is 4.30. The van der Waals surface area contributed by atoms with Crippen LogP contribution in [0.2, 0.25) is 10.0 Å². The Bertz CT molecular complexity index is 721. The Morgan fingerprint density at radius 3 is 2.30 bits per heavy atom. The summed E-state index contributed by atoms with van der Waals surface area (Å²) in [6.07, 6.45) is -0.0556. The molecule has 8 heteroatoms. The van der Waals surface area contributed by atoms with Gasteiger partial charge in [-0.15, -0.1) is 0 Å². The first-order valence-corrected chi connectivity index (χ1v) is 7.27. The molecular formula is C15H11Cl2F3N2O. The third-order valence-corrected chi connectivity index (χ3v) is 3.56. The van der Waals surface area contributed by atoms with Crippen molar-refractivity contribution in [1.29, 1.82) is 0 Å². The van der Waals surface area contributed by atoms with Crippen molar-refractivity contribution >= 4 is 40.5 Å². The van der Waals surface area contributed by atoms with E-state index in [0.29, 0.717) is 15.7 Å². The SMILES string of the molecule is O=C(CCNc1c(Cl)cccc1Cl)Nc1ccc(F)c(F)c1F. The van der Waals surface area contributed by atoms with Crippen LogP contribution in [-0.2, 0) is 4.79 Å². The maximum absolute atomic E-state index is 13.4. The van der Waals surface area contributed by atoms with Gasteiger partial charge in [0.1, 0.15) is 0 Å². The van der Waals surface area contributed by atoms with Crippen LogP contribution in [0.25, 0.3) is 0 Å². The van der Waals surface area contributed by atoms with Crippen molar-refractivity contribution in [1.82, 2.24) is 0 Å².